The lowest BCUT2D eigenvalue weighted by atomic mass is 10.1. The van der Waals surface area contributed by atoms with E-state index >= 15 is 0 Å². The number of aryl methyl sites for hydroxylation is 1. The summed E-state index contributed by atoms with van der Waals surface area (Å²) in [5, 5.41) is 21.3. The Bertz CT molecular complexity index is 1130. The van der Waals surface area contributed by atoms with Gasteiger partial charge in [0.1, 0.15) is 11.2 Å². The van der Waals surface area contributed by atoms with E-state index in [9.17, 15) is 19.7 Å². The van der Waals surface area contributed by atoms with Gasteiger partial charge in [0.05, 0.1) is 21.7 Å². The molecule has 2 aromatic carbocycles. The molecule has 1 aromatic heterocycles. The molecule has 0 atom stereocenters. The summed E-state index contributed by atoms with van der Waals surface area (Å²) in [5.74, 6) is -1.23. The minimum absolute atomic E-state index is 0.0859. The first kappa shape index (κ1) is 20.0. The van der Waals surface area contributed by atoms with Gasteiger partial charge in [-0.25, -0.2) is 4.79 Å². The Hall–Kier alpha value is -3.75. The summed E-state index contributed by atoms with van der Waals surface area (Å²) in [5.41, 5.74) is 0.561. The van der Waals surface area contributed by atoms with E-state index in [1.54, 1.807) is 33.8 Å². The monoisotopic (exact) mass is 396 g/mol. The number of anilines is 1. The lowest BCUT2D eigenvalue weighted by Crippen LogP contribution is -2.24. The van der Waals surface area contributed by atoms with Crippen molar-refractivity contribution in [3.63, 3.8) is 0 Å². The number of amides is 1. The number of fused-ring (bicyclic) bond motifs is 1. The zero-order valence-corrected chi connectivity index (χ0v) is 16.4. The number of benzene rings is 2. The molecule has 150 valence electrons. The van der Waals surface area contributed by atoms with E-state index in [4.69, 9.17) is 4.74 Å². The van der Waals surface area contributed by atoms with Gasteiger partial charge in [-0.15, -0.1) is 0 Å². The number of ether oxygens (including phenoxy) is 1. The zero-order valence-electron chi connectivity index (χ0n) is 16.4. The van der Waals surface area contributed by atoms with Crippen LogP contribution in [0.2, 0.25) is 0 Å². The number of nitrogens with zero attached hydrogens (tertiary/aromatic N) is 2. The Morgan fingerprint density at radius 3 is 2.52 bits per heavy atom. The number of para-hydroxylation sites is 1. The average molecular weight is 396 g/mol. The van der Waals surface area contributed by atoms with Gasteiger partial charge in [-0.1, -0.05) is 12.1 Å². The Balaban J connectivity index is 2.02. The summed E-state index contributed by atoms with van der Waals surface area (Å²) in [6.07, 6.45) is 0. The molecule has 9 nitrogen and oxygen atoms in total. The molecular formula is C20H20N4O5. The number of hydrogen-bond acceptors (Lipinski definition) is 6. The van der Waals surface area contributed by atoms with Crippen LogP contribution in [0.4, 0.5) is 11.4 Å². The molecule has 0 saturated carbocycles. The van der Waals surface area contributed by atoms with Crippen molar-refractivity contribution in [1.29, 1.82) is 0 Å². The first-order valence-electron chi connectivity index (χ1n) is 8.83. The third kappa shape index (κ3) is 4.23. The number of rotatable bonds is 4. The number of nitrogens with one attached hydrogen (secondary N) is 2. The molecule has 0 unspecified atom stereocenters. The number of aromatic amines is 1. The molecular weight excluding hydrogens is 376 g/mol. The third-order valence-corrected chi connectivity index (χ3v) is 4.07. The van der Waals surface area contributed by atoms with Crippen molar-refractivity contribution < 1.29 is 19.2 Å². The number of carbonyl (C=O) groups is 2. The van der Waals surface area contributed by atoms with Crippen LogP contribution in [0, 0.1) is 17.0 Å². The number of nitro groups is 1. The van der Waals surface area contributed by atoms with Crippen LogP contribution in [0.1, 0.15) is 47.2 Å². The maximum Gasteiger partial charge on any atom is 0.339 e. The van der Waals surface area contributed by atoms with Gasteiger partial charge in [0.25, 0.3) is 11.6 Å². The molecule has 0 spiro atoms. The molecule has 0 saturated heterocycles. The Kier molecular flexibility index (Phi) is 5.06. The number of nitro benzene ring substituents is 1. The number of H-pyrrole nitrogens is 1. The summed E-state index contributed by atoms with van der Waals surface area (Å²) in [4.78, 5) is 35.9. The Morgan fingerprint density at radius 1 is 1.17 bits per heavy atom. The molecule has 0 bridgehead atoms. The number of hydrogen-bond donors (Lipinski definition) is 2. The summed E-state index contributed by atoms with van der Waals surface area (Å²) in [6.45, 7) is 7.01. The molecule has 0 aliphatic heterocycles. The molecule has 1 amide bonds. The third-order valence-electron chi connectivity index (χ3n) is 4.07. The molecule has 1 heterocycles. The highest BCUT2D eigenvalue weighted by molar-refractivity contribution is 6.10. The van der Waals surface area contributed by atoms with Crippen LogP contribution in [0.25, 0.3) is 10.9 Å². The predicted octanol–water partition coefficient (Wildman–Crippen LogP) is 3.99. The number of esters is 1. The van der Waals surface area contributed by atoms with Crippen LogP contribution in [-0.2, 0) is 4.74 Å². The lowest BCUT2D eigenvalue weighted by molar-refractivity contribution is -0.385. The van der Waals surface area contributed by atoms with Crippen molar-refractivity contribution in [2.24, 2.45) is 0 Å². The van der Waals surface area contributed by atoms with E-state index in [1.165, 1.54) is 30.3 Å². The summed E-state index contributed by atoms with van der Waals surface area (Å²) in [6, 6.07) is 8.72. The molecule has 0 aliphatic carbocycles. The van der Waals surface area contributed by atoms with Crippen LogP contribution in [-0.4, -0.2) is 32.6 Å². The highest BCUT2D eigenvalue weighted by Crippen LogP contribution is 2.28. The van der Waals surface area contributed by atoms with E-state index in [-0.39, 0.29) is 22.5 Å². The van der Waals surface area contributed by atoms with Gasteiger partial charge in [0, 0.05) is 17.1 Å². The summed E-state index contributed by atoms with van der Waals surface area (Å²) < 4.78 is 5.47. The normalized spacial score (nSPS) is 11.3. The first-order chi connectivity index (χ1) is 13.6. The fourth-order valence-electron chi connectivity index (χ4n) is 2.91. The first-order valence-corrected chi connectivity index (χ1v) is 8.83. The van der Waals surface area contributed by atoms with Crippen LogP contribution >= 0.6 is 0 Å². The molecule has 9 heteroatoms. The van der Waals surface area contributed by atoms with E-state index in [1.807, 2.05) is 0 Å². The molecule has 29 heavy (non-hydrogen) atoms. The number of aromatic nitrogens is 2. The molecule has 2 N–H and O–H groups in total. The SMILES string of the molecule is Cc1n[nH]c2cc(NC(=O)c3ccccc3[N+](=O)[O-])cc(C(=O)OC(C)(C)C)c12. The fourth-order valence-corrected chi connectivity index (χ4v) is 2.91. The van der Waals surface area contributed by atoms with Gasteiger partial charge in [0.15, 0.2) is 0 Å². The Morgan fingerprint density at radius 2 is 1.86 bits per heavy atom. The Labute approximate surface area is 166 Å². The standard InChI is InChI=1S/C20H20N4O5/c1-11-17-14(19(26)29-20(2,3)4)9-12(10-15(17)23-22-11)21-18(25)13-7-5-6-8-16(13)24(27)28/h5-10H,1-4H3,(H,21,25)(H,22,23). The number of carbonyl (C=O) groups excluding carboxylic acids is 2. The maximum atomic E-state index is 12.7. The second-order valence-corrected chi connectivity index (χ2v) is 7.49. The van der Waals surface area contributed by atoms with Gasteiger partial charge >= 0.3 is 5.97 Å². The van der Waals surface area contributed by atoms with Crippen molar-refractivity contribution in [3.8, 4) is 0 Å². The minimum atomic E-state index is -0.703. The van der Waals surface area contributed by atoms with Gasteiger partial charge in [-0.05, 0) is 45.9 Å². The molecule has 0 fully saturated rings. The van der Waals surface area contributed by atoms with Crippen molar-refractivity contribution in [2.45, 2.75) is 33.3 Å². The fraction of sp³-hybridized carbons (Fsp3) is 0.250. The maximum absolute atomic E-state index is 12.7. The van der Waals surface area contributed by atoms with Crippen LogP contribution in [0.3, 0.4) is 0 Å². The van der Waals surface area contributed by atoms with Crippen molar-refractivity contribution in [1.82, 2.24) is 10.2 Å². The lowest BCUT2D eigenvalue weighted by Gasteiger charge is -2.20. The topological polar surface area (TPSA) is 127 Å². The van der Waals surface area contributed by atoms with Crippen molar-refractivity contribution in [2.75, 3.05) is 5.32 Å². The summed E-state index contributed by atoms with van der Waals surface area (Å²) in [7, 11) is 0. The minimum Gasteiger partial charge on any atom is -0.456 e. The predicted molar refractivity (Wildman–Crippen MR) is 107 cm³/mol. The van der Waals surface area contributed by atoms with Crippen LogP contribution in [0.5, 0.6) is 0 Å². The van der Waals surface area contributed by atoms with Gasteiger partial charge in [-0.3, -0.25) is 20.0 Å². The average Bonchev–Trinajstić information content (AvgIpc) is 3.00. The molecule has 0 aliphatic rings. The smallest absolute Gasteiger partial charge is 0.339 e. The van der Waals surface area contributed by atoms with Gasteiger partial charge in [-0.2, -0.15) is 5.10 Å². The van der Waals surface area contributed by atoms with Crippen LogP contribution < -0.4 is 5.32 Å². The van der Waals surface area contributed by atoms with E-state index in [0.29, 0.717) is 16.6 Å². The largest absolute Gasteiger partial charge is 0.456 e. The van der Waals surface area contributed by atoms with E-state index < -0.39 is 22.4 Å². The van der Waals surface area contributed by atoms with Crippen LogP contribution in [0.15, 0.2) is 36.4 Å². The van der Waals surface area contributed by atoms with E-state index in [2.05, 4.69) is 15.5 Å². The summed E-state index contributed by atoms with van der Waals surface area (Å²) >= 11 is 0. The molecule has 3 rings (SSSR count). The highest BCUT2D eigenvalue weighted by Gasteiger charge is 2.24. The quantitative estimate of drug-likeness (QED) is 0.390. The molecule has 0 radical (unpaired) electrons. The van der Waals surface area contributed by atoms with Crippen molar-refractivity contribution in [3.05, 3.63) is 63.3 Å². The van der Waals surface area contributed by atoms with Crippen molar-refractivity contribution >= 4 is 34.2 Å². The zero-order chi connectivity index (χ0) is 21.3. The van der Waals surface area contributed by atoms with Gasteiger partial charge < -0.3 is 10.1 Å². The molecule has 3 aromatic rings. The second kappa shape index (κ2) is 7.34. The highest BCUT2D eigenvalue weighted by atomic mass is 16.6. The van der Waals surface area contributed by atoms with E-state index in [0.717, 1.165) is 0 Å². The second-order valence-electron chi connectivity index (χ2n) is 7.49. The van der Waals surface area contributed by atoms with Gasteiger partial charge in [0.2, 0.25) is 0 Å².